The molecule has 9 heavy (non-hydrogen) atoms. The van der Waals surface area contributed by atoms with Gasteiger partial charge in [0, 0.05) is 13.5 Å². The van der Waals surface area contributed by atoms with E-state index in [0.29, 0.717) is 18.3 Å². The van der Waals surface area contributed by atoms with Gasteiger partial charge in [0.15, 0.2) is 0 Å². The Morgan fingerprint density at radius 3 is 2.89 bits per heavy atom. The van der Waals surface area contributed by atoms with Gasteiger partial charge in [-0.2, -0.15) is 0 Å². The molecule has 1 aliphatic carbocycles. The lowest BCUT2D eigenvalue weighted by Crippen LogP contribution is -2.19. The maximum Gasteiger partial charge on any atom is 0.0866 e. The van der Waals surface area contributed by atoms with E-state index in [1.54, 1.807) is 7.11 Å². The minimum absolute atomic E-state index is 0.480. The van der Waals surface area contributed by atoms with Gasteiger partial charge in [0.05, 0.1) is 18.3 Å². The predicted octanol–water partition coefficient (Wildman–Crippen LogP) is 0.953. The van der Waals surface area contributed by atoms with Crippen LogP contribution in [-0.2, 0) is 9.47 Å². The Bertz CT molecular complexity index is 113. The lowest BCUT2D eigenvalue weighted by Gasteiger charge is -2.16. The van der Waals surface area contributed by atoms with Crippen molar-refractivity contribution in [1.82, 2.24) is 0 Å². The van der Waals surface area contributed by atoms with Crippen LogP contribution in [-0.4, -0.2) is 25.4 Å². The van der Waals surface area contributed by atoms with E-state index in [1.165, 1.54) is 12.8 Å². The van der Waals surface area contributed by atoms with Crippen molar-refractivity contribution >= 4 is 0 Å². The van der Waals surface area contributed by atoms with Crippen LogP contribution in [0.15, 0.2) is 0 Å². The van der Waals surface area contributed by atoms with E-state index in [1.807, 2.05) is 0 Å². The summed E-state index contributed by atoms with van der Waals surface area (Å²) in [6.07, 6.45) is 5.18. The zero-order valence-corrected chi connectivity index (χ0v) is 5.67. The van der Waals surface area contributed by atoms with Gasteiger partial charge in [-0.05, 0) is 12.8 Å². The van der Waals surface area contributed by atoms with E-state index in [0.717, 1.165) is 6.42 Å². The van der Waals surface area contributed by atoms with E-state index in [9.17, 15) is 0 Å². The maximum absolute atomic E-state index is 5.33. The predicted molar refractivity (Wildman–Crippen MR) is 33.3 cm³/mol. The van der Waals surface area contributed by atoms with E-state index < -0.39 is 0 Å². The van der Waals surface area contributed by atoms with Crippen molar-refractivity contribution in [3.05, 3.63) is 0 Å². The molecule has 1 aliphatic heterocycles. The molecule has 2 unspecified atom stereocenters. The Kier molecular flexibility index (Phi) is 1.24. The van der Waals surface area contributed by atoms with Crippen molar-refractivity contribution in [3.8, 4) is 0 Å². The fourth-order valence-corrected chi connectivity index (χ4v) is 1.58. The fraction of sp³-hybridized carbons (Fsp3) is 1.00. The molecule has 0 aromatic rings. The van der Waals surface area contributed by atoms with Crippen LogP contribution in [0.2, 0.25) is 0 Å². The number of fused-ring (bicyclic) bond motifs is 1. The number of hydrogen-bond acceptors (Lipinski definition) is 2. The highest BCUT2D eigenvalue weighted by molar-refractivity contribution is 4.92. The molecular weight excluding hydrogens is 116 g/mol. The molecule has 2 nitrogen and oxygen atoms in total. The van der Waals surface area contributed by atoms with Gasteiger partial charge in [-0.3, -0.25) is 0 Å². The zero-order valence-electron chi connectivity index (χ0n) is 5.67. The van der Waals surface area contributed by atoms with Gasteiger partial charge < -0.3 is 9.47 Å². The van der Waals surface area contributed by atoms with Gasteiger partial charge in [0.1, 0.15) is 0 Å². The van der Waals surface area contributed by atoms with Crippen LogP contribution in [0.1, 0.15) is 19.3 Å². The van der Waals surface area contributed by atoms with Crippen LogP contribution >= 0.6 is 0 Å². The summed E-state index contributed by atoms with van der Waals surface area (Å²) >= 11 is 0. The molecule has 0 radical (unpaired) electrons. The molecule has 1 saturated heterocycles. The Morgan fingerprint density at radius 2 is 2.22 bits per heavy atom. The molecule has 1 heterocycles. The van der Waals surface area contributed by atoms with Crippen molar-refractivity contribution in [3.63, 3.8) is 0 Å². The summed E-state index contributed by atoms with van der Waals surface area (Å²) < 4.78 is 10.5. The third kappa shape index (κ3) is 0.970. The van der Waals surface area contributed by atoms with Crippen molar-refractivity contribution in [2.75, 3.05) is 7.11 Å². The van der Waals surface area contributed by atoms with Crippen LogP contribution in [0, 0.1) is 0 Å². The molecule has 52 valence electrons. The first kappa shape index (κ1) is 5.69. The van der Waals surface area contributed by atoms with E-state index in [2.05, 4.69) is 0 Å². The lowest BCUT2D eigenvalue weighted by molar-refractivity contribution is 0.0770. The number of ether oxygens (including phenoxy) is 2. The summed E-state index contributed by atoms with van der Waals surface area (Å²) in [6.45, 7) is 0. The number of methoxy groups -OCH3 is 1. The quantitative estimate of drug-likeness (QED) is 0.490. The first-order valence-electron chi connectivity index (χ1n) is 3.58. The van der Waals surface area contributed by atoms with Crippen molar-refractivity contribution < 1.29 is 9.47 Å². The average Bonchev–Trinajstić information content (AvgIpc) is 2.64. The highest BCUT2D eigenvalue weighted by Gasteiger charge is 2.43. The summed E-state index contributed by atoms with van der Waals surface area (Å²) in [7, 11) is 1.79. The van der Waals surface area contributed by atoms with Crippen molar-refractivity contribution in [2.24, 2.45) is 0 Å². The molecule has 0 aromatic heterocycles. The molecule has 1 saturated carbocycles. The Labute approximate surface area is 55.1 Å². The van der Waals surface area contributed by atoms with E-state index in [-0.39, 0.29) is 0 Å². The Balaban J connectivity index is 1.86. The monoisotopic (exact) mass is 128 g/mol. The van der Waals surface area contributed by atoms with Gasteiger partial charge in [-0.15, -0.1) is 0 Å². The molecule has 0 aromatic carbocycles. The number of rotatable bonds is 1. The van der Waals surface area contributed by atoms with Crippen LogP contribution in [0.25, 0.3) is 0 Å². The van der Waals surface area contributed by atoms with Gasteiger partial charge in [-0.25, -0.2) is 0 Å². The van der Waals surface area contributed by atoms with Crippen LogP contribution < -0.4 is 0 Å². The summed E-state index contributed by atoms with van der Waals surface area (Å²) in [5.74, 6) is 0. The van der Waals surface area contributed by atoms with Crippen molar-refractivity contribution in [2.45, 2.75) is 37.6 Å². The molecule has 2 aliphatic rings. The van der Waals surface area contributed by atoms with Crippen LogP contribution in [0.3, 0.4) is 0 Å². The topological polar surface area (TPSA) is 21.8 Å². The summed E-state index contributed by atoms with van der Waals surface area (Å²) in [6, 6.07) is 0. The summed E-state index contributed by atoms with van der Waals surface area (Å²) in [5.41, 5.74) is 0. The molecule has 2 fully saturated rings. The molecule has 3 atom stereocenters. The molecule has 2 rings (SSSR count). The van der Waals surface area contributed by atoms with Crippen LogP contribution in [0.5, 0.6) is 0 Å². The molecule has 0 N–H and O–H groups in total. The van der Waals surface area contributed by atoms with Crippen LogP contribution in [0.4, 0.5) is 0 Å². The standard InChI is InChI=1S/C7H12O2/c1-8-5-2-3-6-7(4-5)9-6/h5-7H,2-4H2,1H3/t5-,6?,7?/m0/s1. The Hall–Kier alpha value is -0.0800. The smallest absolute Gasteiger partial charge is 0.0866 e. The highest BCUT2D eigenvalue weighted by atomic mass is 16.6. The molecule has 0 bridgehead atoms. The second kappa shape index (κ2) is 1.96. The van der Waals surface area contributed by atoms with Crippen molar-refractivity contribution in [1.29, 1.82) is 0 Å². The molecule has 2 heteroatoms. The Morgan fingerprint density at radius 1 is 1.33 bits per heavy atom. The third-order valence-electron chi connectivity index (χ3n) is 2.29. The van der Waals surface area contributed by atoms with E-state index in [4.69, 9.17) is 9.47 Å². The SMILES string of the molecule is CO[C@H]1CCC2OC2C1. The molecule has 0 amide bonds. The highest BCUT2D eigenvalue weighted by Crippen LogP contribution is 2.37. The summed E-state index contributed by atoms with van der Waals surface area (Å²) in [4.78, 5) is 0. The summed E-state index contributed by atoms with van der Waals surface area (Å²) in [5, 5.41) is 0. The largest absolute Gasteiger partial charge is 0.381 e. The number of hydrogen-bond donors (Lipinski definition) is 0. The first-order valence-corrected chi connectivity index (χ1v) is 3.58. The third-order valence-corrected chi connectivity index (χ3v) is 2.29. The minimum atomic E-state index is 0.480. The molecule has 0 spiro atoms. The number of epoxide rings is 1. The van der Waals surface area contributed by atoms with Gasteiger partial charge in [-0.1, -0.05) is 0 Å². The van der Waals surface area contributed by atoms with E-state index >= 15 is 0 Å². The average molecular weight is 128 g/mol. The fourth-order valence-electron chi connectivity index (χ4n) is 1.58. The first-order chi connectivity index (χ1) is 4.40. The maximum atomic E-state index is 5.33. The second-order valence-corrected chi connectivity index (χ2v) is 2.88. The van der Waals surface area contributed by atoms with Gasteiger partial charge in [0.2, 0.25) is 0 Å². The van der Waals surface area contributed by atoms with Gasteiger partial charge in [0.25, 0.3) is 0 Å². The van der Waals surface area contributed by atoms with Gasteiger partial charge >= 0.3 is 0 Å². The lowest BCUT2D eigenvalue weighted by atomic mass is 9.98. The zero-order chi connectivity index (χ0) is 6.27. The second-order valence-electron chi connectivity index (χ2n) is 2.88. The minimum Gasteiger partial charge on any atom is -0.381 e. The normalized spacial score (nSPS) is 48.3. The molecular formula is C7H12O2.